The zero-order chi connectivity index (χ0) is 17.2. The van der Waals surface area contributed by atoms with Crippen molar-refractivity contribution in [1.29, 1.82) is 0 Å². The normalized spacial score (nSPS) is 17.4. The van der Waals surface area contributed by atoms with Crippen LogP contribution in [0, 0.1) is 10.1 Å². The van der Waals surface area contributed by atoms with Gasteiger partial charge in [0, 0.05) is 35.8 Å². The number of aromatic nitrogens is 2. The molecule has 1 aromatic carbocycles. The summed E-state index contributed by atoms with van der Waals surface area (Å²) in [5.41, 5.74) is 1.92. The molecule has 0 bridgehead atoms. The van der Waals surface area contributed by atoms with Crippen LogP contribution in [0.25, 0.3) is 0 Å². The number of hydrogen-bond donors (Lipinski definition) is 2. The summed E-state index contributed by atoms with van der Waals surface area (Å²) in [6.45, 7) is 0. The van der Waals surface area contributed by atoms with E-state index in [1.807, 2.05) is 6.07 Å². The van der Waals surface area contributed by atoms with Crippen LogP contribution in [0.5, 0.6) is 0 Å². The molecule has 2 saturated carbocycles. The van der Waals surface area contributed by atoms with Crippen molar-refractivity contribution >= 4 is 23.1 Å². The van der Waals surface area contributed by atoms with Gasteiger partial charge in [-0.25, -0.2) is 4.98 Å². The monoisotopic (exact) mass is 339 g/mol. The molecular weight excluding hydrogens is 318 g/mol. The molecular formula is C18H21N5O2. The number of nitro groups is 1. The molecule has 2 aromatic rings. The van der Waals surface area contributed by atoms with Gasteiger partial charge in [0.1, 0.15) is 5.82 Å². The van der Waals surface area contributed by atoms with Gasteiger partial charge in [-0.1, -0.05) is 12.8 Å². The SMILES string of the molecule is O=[N+]([O-])c1ccc(Nc2cc(C3CC3)nc(NC3CCCC3)n2)cc1. The Bertz CT molecular complexity index is 768. The van der Waals surface area contributed by atoms with Crippen molar-refractivity contribution in [2.24, 2.45) is 0 Å². The fourth-order valence-electron chi connectivity index (χ4n) is 3.25. The van der Waals surface area contributed by atoms with Crippen LogP contribution in [0.3, 0.4) is 0 Å². The molecule has 2 aliphatic carbocycles. The largest absolute Gasteiger partial charge is 0.351 e. The highest BCUT2D eigenvalue weighted by molar-refractivity contribution is 5.59. The average Bonchev–Trinajstić information content (AvgIpc) is 3.33. The molecule has 0 spiro atoms. The smallest absolute Gasteiger partial charge is 0.269 e. The minimum Gasteiger partial charge on any atom is -0.351 e. The highest BCUT2D eigenvalue weighted by Gasteiger charge is 2.27. The third-order valence-electron chi connectivity index (χ3n) is 4.78. The van der Waals surface area contributed by atoms with Crippen LogP contribution in [-0.2, 0) is 0 Å². The van der Waals surface area contributed by atoms with E-state index in [-0.39, 0.29) is 5.69 Å². The molecule has 0 saturated heterocycles. The Kier molecular flexibility index (Phi) is 4.21. The molecule has 0 amide bonds. The van der Waals surface area contributed by atoms with Crippen LogP contribution in [0.15, 0.2) is 30.3 Å². The van der Waals surface area contributed by atoms with E-state index < -0.39 is 4.92 Å². The first kappa shape index (κ1) is 15.8. The van der Waals surface area contributed by atoms with E-state index in [0.717, 1.165) is 17.2 Å². The summed E-state index contributed by atoms with van der Waals surface area (Å²) in [5.74, 6) is 1.94. The lowest BCUT2D eigenvalue weighted by Gasteiger charge is -2.14. The number of non-ortho nitro benzene ring substituents is 1. The van der Waals surface area contributed by atoms with Gasteiger partial charge in [-0.3, -0.25) is 10.1 Å². The first-order chi connectivity index (χ1) is 12.2. The quantitative estimate of drug-likeness (QED) is 0.600. The lowest BCUT2D eigenvalue weighted by molar-refractivity contribution is -0.384. The van der Waals surface area contributed by atoms with Crippen molar-refractivity contribution < 1.29 is 4.92 Å². The lowest BCUT2D eigenvalue weighted by atomic mass is 10.2. The predicted molar refractivity (Wildman–Crippen MR) is 96.3 cm³/mol. The minimum atomic E-state index is -0.400. The van der Waals surface area contributed by atoms with Gasteiger partial charge in [0.05, 0.1) is 10.6 Å². The maximum atomic E-state index is 10.8. The van der Waals surface area contributed by atoms with Crippen molar-refractivity contribution in [2.75, 3.05) is 10.6 Å². The predicted octanol–water partition coefficient (Wildman–Crippen LogP) is 4.36. The Labute approximate surface area is 146 Å². The van der Waals surface area contributed by atoms with Crippen molar-refractivity contribution in [2.45, 2.75) is 50.5 Å². The average molecular weight is 339 g/mol. The van der Waals surface area contributed by atoms with Crippen LogP contribution in [0.4, 0.5) is 23.1 Å². The number of hydrogen-bond acceptors (Lipinski definition) is 6. The van der Waals surface area contributed by atoms with Crippen molar-refractivity contribution in [3.8, 4) is 0 Å². The van der Waals surface area contributed by atoms with Crippen LogP contribution in [0.1, 0.15) is 50.1 Å². The van der Waals surface area contributed by atoms with Crippen LogP contribution < -0.4 is 10.6 Å². The summed E-state index contributed by atoms with van der Waals surface area (Å²) >= 11 is 0. The molecule has 0 aliphatic heterocycles. The molecule has 2 aliphatic rings. The number of nitrogens with zero attached hydrogens (tertiary/aromatic N) is 3. The molecule has 1 heterocycles. The Balaban J connectivity index is 1.54. The number of nitro benzene ring substituents is 1. The highest BCUT2D eigenvalue weighted by Crippen LogP contribution is 2.40. The second-order valence-electron chi connectivity index (χ2n) is 6.83. The third kappa shape index (κ3) is 3.87. The number of nitrogens with one attached hydrogen (secondary N) is 2. The molecule has 0 atom stereocenters. The van der Waals surface area contributed by atoms with Gasteiger partial charge >= 0.3 is 0 Å². The van der Waals surface area contributed by atoms with E-state index in [0.29, 0.717) is 17.9 Å². The molecule has 4 rings (SSSR count). The second-order valence-corrected chi connectivity index (χ2v) is 6.83. The van der Waals surface area contributed by atoms with Gasteiger partial charge in [0.2, 0.25) is 5.95 Å². The molecule has 25 heavy (non-hydrogen) atoms. The Hall–Kier alpha value is -2.70. The fraction of sp³-hybridized carbons (Fsp3) is 0.444. The van der Waals surface area contributed by atoms with Crippen molar-refractivity contribution in [3.63, 3.8) is 0 Å². The summed E-state index contributed by atoms with van der Waals surface area (Å²) in [4.78, 5) is 19.6. The van der Waals surface area contributed by atoms with Gasteiger partial charge in [-0.05, 0) is 37.8 Å². The van der Waals surface area contributed by atoms with Crippen molar-refractivity contribution in [1.82, 2.24) is 9.97 Å². The maximum absolute atomic E-state index is 10.8. The summed E-state index contributed by atoms with van der Waals surface area (Å²) < 4.78 is 0. The van der Waals surface area contributed by atoms with Gasteiger partial charge in [-0.15, -0.1) is 0 Å². The molecule has 0 unspecified atom stereocenters. The van der Waals surface area contributed by atoms with Crippen LogP contribution >= 0.6 is 0 Å². The van der Waals surface area contributed by atoms with Gasteiger partial charge in [0.25, 0.3) is 5.69 Å². The first-order valence-corrected chi connectivity index (χ1v) is 8.84. The molecule has 7 nitrogen and oxygen atoms in total. The maximum Gasteiger partial charge on any atom is 0.269 e. The standard InChI is InChI=1S/C18H21N5O2/c24-23(25)15-9-7-14(8-10-15)19-17-11-16(12-5-6-12)21-18(22-17)20-13-3-1-2-4-13/h7-13H,1-6H2,(H2,19,20,21,22). The van der Waals surface area contributed by atoms with E-state index in [1.54, 1.807) is 12.1 Å². The van der Waals surface area contributed by atoms with E-state index in [4.69, 9.17) is 0 Å². The minimum absolute atomic E-state index is 0.0792. The fourth-order valence-corrected chi connectivity index (χ4v) is 3.25. The van der Waals surface area contributed by atoms with Crippen LogP contribution in [-0.4, -0.2) is 20.9 Å². The summed E-state index contributed by atoms with van der Waals surface area (Å²) in [6.07, 6.45) is 7.21. The second kappa shape index (κ2) is 6.66. The van der Waals surface area contributed by atoms with Gasteiger partial charge in [0.15, 0.2) is 0 Å². The Morgan fingerprint density at radius 3 is 2.40 bits per heavy atom. The number of rotatable bonds is 6. The zero-order valence-corrected chi connectivity index (χ0v) is 13.9. The van der Waals surface area contributed by atoms with E-state index >= 15 is 0 Å². The summed E-state index contributed by atoms with van der Waals surface area (Å²) in [6, 6.07) is 8.81. The van der Waals surface area contributed by atoms with Gasteiger partial charge in [-0.2, -0.15) is 4.98 Å². The number of benzene rings is 1. The summed E-state index contributed by atoms with van der Waals surface area (Å²) in [7, 11) is 0. The molecule has 7 heteroatoms. The van der Waals surface area contributed by atoms with E-state index in [2.05, 4.69) is 20.6 Å². The van der Waals surface area contributed by atoms with E-state index in [1.165, 1.54) is 50.7 Å². The highest BCUT2D eigenvalue weighted by atomic mass is 16.6. The molecule has 1 aromatic heterocycles. The topological polar surface area (TPSA) is 93.0 Å². The third-order valence-corrected chi connectivity index (χ3v) is 4.78. The van der Waals surface area contributed by atoms with Crippen molar-refractivity contribution in [3.05, 3.63) is 46.1 Å². The Morgan fingerprint density at radius 1 is 1.04 bits per heavy atom. The molecule has 130 valence electrons. The van der Waals surface area contributed by atoms with Gasteiger partial charge < -0.3 is 10.6 Å². The lowest BCUT2D eigenvalue weighted by Crippen LogP contribution is -2.17. The number of anilines is 3. The first-order valence-electron chi connectivity index (χ1n) is 8.84. The Morgan fingerprint density at radius 2 is 1.76 bits per heavy atom. The summed E-state index contributed by atoms with van der Waals surface area (Å²) in [5, 5.41) is 17.5. The molecule has 0 radical (unpaired) electrons. The van der Waals surface area contributed by atoms with Crippen LogP contribution in [0.2, 0.25) is 0 Å². The zero-order valence-electron chi connectivity index (χ0n) is 13.9. The van der Waals surface area contributed by atoms with E-state index in [9.17, 15) is 10.1 Å². The molecule has 2 fully saturated rings. The molecule has 2 N–H and O–H groups in total.